The zero-order valence-corrected chi connectivity index (χ0v) is 14.6. The van der Waals surface area contributed by atoms with Gasteiger partial charge in [-0.3, -0.25) is 4.79 Å². The van der Waals surface area contributed by atoms with Gasteiger partial charge in [0.1, 0.15) is 0 Å². The van der Waals surface area contributed by atoms with Crippen LogP contribution in [0.4, 0.5) is 0 Å². The van der Waals surface area contributed by atoms with Crippen molar-refractivity contribution in [1.29, 1.82) is 5.26 Å². The molecule has 6 heteroatoms. The van der Waals surface area contributed by atoms with Gasteiger partial charge >= 0.3 is 0 Å². The quantitative estimate of drug-likeness (QED) is 0.882. The van der Waals surface area contributed by atoms with E-state index in [4.69, 9.17) is 5.26 Å². The summed E-state index contributed by atoms with van der Waals surface area (Å²) in [5.41, 5.74) is 0.651. The van der Waals surface area contributed by atoms with Gasteiger partial charge in [-0.1, -0.05) is 17.8 Å². The van der Waals surface area contributed by atoms with Gasteiger partial charge in [-0.25, -0.2) is 0 Å². The van der Waals surface area contributed by atoms with Gasteiger partial charge in [0.25, 0.3) is 5.91 Å². The van der Waals surface area contributed by atoms with E-state index in [0.717, 1.165) is 26.8 Å². The van der Waals surface area contributed by atoms with E-state index in [1.54, 1.807) is 17.8 Å². The third-order valence-electron chi connectivity index (χ3n) is 4.60. The van der Waals surface area contributed by atoms with E-state index in [-0.39, 0.29) is 11.9 Å². The summed E-state index contributed by atoms with van der Waals surface area (Å²) in [6.07, 6.45) is 3.44. The Labute approximate surface area is 149 Å². The molecular formula is C18H17N3OS2. The average molecular weight is 355 g/mol. The Kier molecular flexibility index (Phi) is 4.31. The van der Waals surface area contributed by atoms with Gasteiger partial charge in [0, 0.05) is 23.0 Å². The SMILES string of the molecule is N#Cc1cccc(Sc2ccc(C(=O)NC3CC4CCC3N4)s2)c1. The number of hydrogen-bond donors (Lipinski definition) is 2. The Morgan fingerprint density at radius 3 is 3.00 bits per heavy atom. The molecule has 2 aromatic rings. The second-order valence-corrected chi connectivity index (χ2v) is 8.68. The van der Waals surface area contributed by atoms with Crippen molar-refractivity contribution in [2.45, 2.75) is 46.5 Å². The highest BCUT2D eigenvalue weighted by atomic mass is 32.2. The van der Waals surface area contributed by atoms with E-state index in [2.05, 4.69) is 16.7 Å². The van der Waals surface area contributed by atoms with Gasteiger partial charge in [-0.05, 0) is 49.6 Å². The number of carbonyl (C=O) groups excluding carboxylic acids is 1. The first kappa shape index (κ1) is 15.7. The summed E-state index contributed by atoms with van der Waals surface area (Å²) < 4.78 is 1.06. The fraction of sp³-hybridized carbons (Fsp3) is 0.333. The summed E-state index contributed by atoms with van der Waals surface area (Å²) in [7, 11) is 0. The van der Waals surface area contributed by atoms with Gasteiger partial charge in [-0.2, -0.15) is 5.26 Å². The monoisotopic (exact) mass is 355 g/mol. The molecule has 24 heavy (non-hydrogen) atoms. The fourth-order valence-corrected chi connectivity index (χ4v) is 5.53. The van der Waals surface area contributed by atoms with Crippen molar-refractivity contribution in [2.24, 2.45) is 0 Å². The molecule has 2 bridgehead atoms. The highest BCUT2D eigenvalue weighted by Crippen LogP contribution is 2.34. The molecule has 0 saturated carbocycles. The lowest BCUT2D eigenvalue weighted by Crippen LogP contribution is -2.42. The van der Waals surface area contributed by atoms with E-state index in [0.29, 0.717) is 17.6 Å². The summed E-state index contributed by atoms with van der Waals surface area (Å²) in [4.78, 5) is 14.2. The van der Waals surface area contributed by atoms with Crippen LogP contribution in [0, 0.1) is 11.3 Å². The maximum atomic E-state index is 12.5. The summed E-state index contributed by atoms with van der Waals surface area (Å²) >= 11 is 3.09. The Morgan fingerprint density at radius 1 is 1.33 bits per heavy atom. The van der Waals surface area contributed by atoms with E-state index >= 15 is 0 Å². The highest BCUT2D eigenvalue weighted by Gasteiger charge is 2.39. The van der Waals surface area contributed by atoms with Crippen LogP contribution >= 0.6 is 23.1 Å². The first-order valence-electron chi connectivity index (χ1n) is 8.06. The number of nitrogens with one attached hydrogen (secondary N) is 2. The number of hydrogen-bond acceptors (Lipinski definition) is 5. The summed E-state index contributed by atoms with van der Waals surface area (Å²) in [5.74, 6) is 0.0250. The third kappa shape index (κ3) is 3.20. The molecule has 2 aliphatic heterocycles. The molecule has 4 nitrogen and oxygen atoms in total. The average Bonchev–Trinajstić information content (AvgIpc) is 3.31. The smallest absolute Gasteiger partial charge is 0.261 e. The number of amides is 1. The molecule has 3 atom stereocenters. The lowest BCUT2D eigenvalue weighted by molar-refractivity contribution is 0.0935. The molecule has 1 amide bonds. The summed E-state index contributed by atoms with van der Waals surface area (Å²) in [6, 6.07) is 14.8. The first-order chi connectivity index (χ1) is 11.7. The van der Waals surface area contributed by atoms with Crippen LogP contribution in [0.15, 0.2) is 45.5 Å². The third-order valence-corrected chi connectivity index (χ3v) is 6.81. The molecule has 4 rings (SSSR count). The van der Waals surface area contributed by atoms with Crippen molar-refractivity contribution >= 4 is 29.0 Å². The standard InChI is InChI=1S/C18H17N3OS2/c19-10-11-2-1-3-13(8-11)23-17-7-6-16(24-17)18(22)21-15-9-12-4-5-14(15)20-12/h1-3,6-8,12,14-15,20H,4-5,9H2,(H,21,22). The second kappa shape index (κ2) is 6.60. The minimum Gasteiger partial charge on any atom is -0.347 e. The predicted molar refractivity (Wildman–Crippen MR) is 95.4 cm³/mol. The number of fused-ring (bicyclic) bond motifs is 2. The lowest BCUT2D eigenvalue weighted by atomic mass is 9.95. The van der Waals surface area contributed by atoms with Gasteiger partial charge in [0.05, 0.1) is 20.7 Å². The molecule has 2 saturated heterocycles. The summed E-state index contributed by atoms with van der Waals surface area (Å²) in [6.45, 7) is 0. The fourth-order valence-electron chi connectivity index (χ4n) is 3.47. The Morgan fingerprint density at radius 2 is 2.25 bits per heavy atom. The predicted octanol–water partition coefficient (Wildman–Crippen LogP) is 3.39. The maximum Gasteiger partial charge on any atom is 0.261 e. The van der Waals surface area contributed by atoms with E-state index < -0.39 is 0 Å². The van der Waals surface area contributed by atoms with Gasteiger partial charge < -0.3 is 10.6 Å². The maximum absolute atomic E-state index is 12.5. The second-order valence-electron chi connectivity index (χ2n) is 6.22. The molecule has 122 valence electrons. The van der Waals surface area contributed by atoms with Crippen molar-refractivity contribution < 1.29 is 4.79 Å². The first-order valence-corrected chi connectivity index (χ1v) is 9.69. The minimum atomic E-state index is 0.0250. The number of benzene rings is 1. The van der Waals surface area contributed by atoms with E-state index in [9.17, 15) is 4.79 Å². The molecule has 1 aromatic carbocycles. The van der Waals surface area contributed by atoms with Crippen LogP contribution in [-0.2, 0) is 0 Å². The van der Waals surface area contributed by atoms with Gasteiger partial charge in [-0.15, -0.1) is 11.3 Å². The molecule has 3 unspecified atom stereocenters. The van der Waals surface area contributed by atoms with Crippen molar-refractivity contribution in [3.05, 3.63) is 46.8 Å². The Bertz CT molecular complexity index is 811. The molecule has 2 N–H and O–H groups in total. The number of thiophene rings is 1. The van der Waals surface area contributed by atoms with E-state index in [1.165, 1.54) is 17.8 Å². The Hall–Kier alpha value is -1.81. The van der Waals surface area contributed by atoms with Crippen LogP contribution in [0.3, 0.4) is 0 Å². The molecular weight excluding hydrogens is 338 g/mol. The molecule has 1 aromatic heterocycles. The van der Waals surface area contributed by atoms with Crippen LogP contribution in [0.25, 0.3) is 0 Å². The zero-order valence-electron chi connectivity index (χ0n) is 13.0. The topological polar surface area (TPSA) is 64.9 Å². The molecule has 2 aliphatic rings. The largest absolute Gasteiger partial charge is 0.347 e. The van der Waals surface area contributed by atoms with Crippen molar-refractivity contribution in [3.63, 3.8) is 0 Å². The molecule has 0 aliphatic carbocycles. The van der Waals surface area contributed by atoms with Crippen molar-refractivity contribution in [2.75, 3.05) is 0 Å². The van der Waals surface area contributed by atoms with Crippen molar-refractivity contribution in [3.8, 4) is 6.07 Å². The van der Waals surface area contributed by atoms with Crippen molar-refractivity contribution in [1.82, 2.24) is 10.6 Å². The lowest BCUT2D eigenvalue weighted by Gasteiger charge is -2.20. The molecule has 3 heterocycles. The van der Waals surface area contributed by atoms with Crippen LogP contribution in [0.2, 0.25) is 0 Å². The van der Waals surface area contributed by atoms with Gasteiger partial charge in [0.2, 0.25) is 0 Å². The summed E-state index contributed by atoms with van der Waals surface area (Å²) in [5, 5.41) is 15.7. The Balaban J connectivity index is 1.40. The van der Waals surface area contributed by atoms with Gasteiger partial charge in [0.15, 0.2) is 0 Å². The highest BCUT2D eigenvalue weighted by molar-refractivity contribution is 8.01. The van der Waals surface area contributed by atoms with Crippen LogP contribution in [-0.4, -0.2) is 24.0 Å². The normalized spacial score (nSPS) is 24.7. The van der Waals surface area contributed by atoms with Crippen LogP contribution in [0.1, 0.15) is 34.5 Å². The molecule has 0 radical (unpaired) electrons. The molecule has 0 spiro atoms. The zero-order chi connectivity index (χ0) is 16.5. The number of rotatable bonds is 4. The molecule has 2 fully saturated rings. The minimum absolute atomic E-state index is 0.0250. The van der Waals surface area contributed by atoms with Crippen LogP contribution < -0.4 is 10.6 Å². The number of nitriles is 1. The number of carbonyl (C=O) groups is 1. The van der Waals surface area contributed by atoms with E-state index in [1.807, 2.05) is 30.3 Å². The number of nitrogens with zero attached hydrogens (tertiary/aromatic N) is 1. The van der Waals surface area contributed by atoms with Crippen LogP contribution in [0.5, 0.6) is 0 Å².